The second kappa shape index (κ2) is 4.13. The molecule has 1 atom stereocenters. The van der Waals surface area contributed by atoms with Gasteiger partial charge in [0.2, 0.25) is 5.91 Å². The van der Waals surface area contributed by atoms with E-state index in [1.807, 2.05) is 23.1 Å². The summed E-state index contributed by atoms with van der Waals surface area (Å²) < 4.78 is 0. The maximum atomic E-state index is 12.6. The maximum Gasteiger partial charge on any atom is 0.233 e. The minimum atomic E-state index is -0.182. The molecule has 1 amide bonds. The van der Waals surface area contributed by atoms with E-state index in [1.165, 1.54) is 5.56 Å². The molecule has 1 aliphatic carbocycles. The fourth-order valence-corrected chi connectivity index (χ4v) is 3.27. The van der Waals surface area contributed by atoms with E-state index in [0.29, 0.717) is 10.7 Å². The normalized spacial score (nSPS) is 25.9. The number of alkyl halides is 1. The lowest BCUT2D eigenvalue weighted by Gasteiger charge is -2.23. The molecule has 2 aliphatic rings. The Labute approximate surface area is 110 Å². The molecule has 0 bridgehead atoms. The standard InChI is InChI=1S/C14H16BrNO/c15-12-6-9-16(10-12)13(17)14(7-8-14)11-4-2-1-3-5-11/h1-5,12H,6-10H2. The number of rotatable bonds is 2. The minimum Gasteiger partial charge on any atom is -0.341 e. The van der Waals surface area contributed by atoms with Crippen molar-refractivity contribution in [2.24, 2.45) is 0 Å². The molecule has 90 valence electrons. The highest BCUT2D eigenvalue weighted by Crippen LogP contribution is 2.50. The minimum absolute atomic E-state index is 0.182. The van der Waals surface area contributed by atoms with Crippen LogP contribution in [0.4, 0.5) is 0 Å². The lowest BCUT2D eigenvalue weighted by molar-refractivity contribution is -0.132. The molecule has 1 heterocycles. The highest BCUT2D eigenvalue weighted by atomic mass is 79.9. The number of carbonyl (C=O) groups excluding carboxylic acids is 1. The fraction of sp³-hybridized carbons (Fsp3) is 0.500. The van der Waals surface area contributed by atoms with E-state index in [1.54, 1.807) is 0 Å². The molecule has 3 heteroatoms. The highest BCUT2D eigenvalue weighted by Gasteiger charge is 2.53. The van der Waals surface area contributed by atoms with E-state index in [2.05, 4.69) is 28.1 Å². The van der Waals surface area contributed by atoms with Crippen molar-refractivity contribution in [2.75, 3.05) is 13.1 Å². The molecule has 3 rings (SSSR count). The number of hydrogen-bond acceptors (Lipinski definition) is 1. The van der Waals surface area contributed by atoms with Crippen LogP contribution in [0.1, 0.15) is 24.8 Å². The van der Waals surface area contributed by atoms with Crippen LogP contribution in [-0.2, 0) is 10.2 Å². The van der Waals surface area contributed by atoms with Crippen LogP contribution in [0.15, 0.2) is 30.3 Å². The van der Waals surface area contributed by atoms with Gasteiger partial charge >= 0.3 is 0 Å². The number of likely N-dealkylation sites (tertiary alicyclic amines) is 1. The van der Waals surface area contributed by atoms with Crippen molar-refractivity contribution in [2.45, 2.75) is 29.5 Å². The summed E-state index contributed by atoms with van der Waals surface area (Å²) in [6.45, 7) is 1.77. The van der Waals surface area contributed by atoms with Gasteiger partial charge < -0.3 is 4.90 Å². The largest absolute Gasteiger partial charge is 0.341 e. The second-order valence-corrected chi connectivity index (χ2v) is 6.38. The Morgan fingerprint density at radius 3 is 2.53 bits per heavy atom. The summed E-state index contributed by atoms with van der Waals surface area (Å²) in [7, 11) is 0. The van der Waals surface area contributed by atoms with Crippen molar-refractivity contribution in [1.82, 2.24) is 4.90 Å². The monoisotopic (exact) mass is 293 g/mol. The van der Waals surface area contributed by atoms with Crippen molar-refractivity contribution in [3.63, 3.8) is 0 Å². The van der Waals surface area contributed by atoms with E-state index in [0.717, 1.165) is 32.4 Å². The Morgan fingerprint density at radius 2 is 2.00 bits per heavy atom. The van der Waals surface area contributed by atoms with Crippen molar-refractivity contribution in [3.8, 4) is 0 Å². The molecule has 1 aromatic rings. The first-order valence-electron chi connectivity index (χ1n) is 6.21. The van der Waals surface area contributed by atoms with Gasteiger partial charge in [-0.15, -0.1) is 0 Å². The topological polar surface area (TPSA) is 20.3 Å². The van der Waals surface area contributed by atoms with E-state index in [9.17, 15) is 4.79 Å². The van der Waals surface area contributed by atoms with Gasteiger partial charge in [-0.2, -0.15) is 0 Å². The zero-order valence-corrected chi connectivity index (χ0v) is 11.3. The maximum absolute atomic E-state index is 12.6. The summed E-state index contributed by atoms with van der Waals surface area (Å²) in [6, 6.07) is 10.2. The van der Waals surface area contributed by atoms with Gasteiger partial charge in [-0.05, 0) is 24.8 Å². The molecule has 2 fully saturated rings. The van der Waals surface area contributed by atoms with Crippen LogP contribution in [0.3, 0.4) is 0 Å². The zero-order valence-electron chi connectivity index (χ0n) is 9.73. The van der Waals surface area contributed by atoms with Gasteiger partial charge in [0.25, 0.3) is 0 Å². The number of hydrogen-bond donors (Lipinski definition) is 0. The summed E-state index contributed by atoms with van der Waals surface area (Å²) in [5.41, 5.74) is 1.02. The average Bonchev–Trinajstić information content (AvgIpc) is 3.07. The van der Waals surface area contributed by atoms with Gasteiger partial charge in [0, 0.05) is 17.9 Å². The number of nitrogens with zero attached hydrogens (tertiary/aromatic N) is 1. The lowest BCUT2D eigenvalue weighted by atomic mass is 9.94. The van der Waals surface area contributed by atoms with Gasteiger partial charge in [0.05, 0.1) is 5.41 Å². The van der Waals surface area contributed by atoms with Gasteiger partial charge in [-0.25, -0.2) is 0 Å². The molecule has 17 heavy (non-hydrogen) atoms. The molecule has 0 N–H and O–H groups in total. The van der Waals surface area contributed by atoms with Gasteiger partial charge in [0.1, 0.15) is 0 Å². The average molecular weight is 294 g/mol. The Hall–Kier alpha value is -0.830. The number of amides is 1. The summed E-state index contributed by atoms with van der Waals surface area (Å²) >= 11 is 3.60. The lowest BCUT2D eigenvalue weighted by Crippen LogP contribution is -2.37. The Bertz CT molecular complexity index is 427. The third-order valence-electron chi connectivity index (χ3n) is 3.90. The van der Waals surface area contributed by atoms with Gasteiger partial charge in [-0.1, -0.05) is 46.3 Å². The van der Waals surface area contributed by atoms with Gasteiger partial charge in [-0.3, -0.25) is 4.79 Å². The van der Waals surface area contributed by atoms with E-state index >= 15 is 0 Å². The molecular weight excluding hydrogens is 278 g/mol. The highest BCUT2D eigenvalue weighted by molar-refractivity contribution is 9.09. The van der Waals surface area contributed by atoms with Gasteiger partial charge in [0.15, 0.2) is 0 Å². The quantitative estimate of drug-likeness (QED) is 0.768. The number of carbonyl (C=O) groups is 1. The van der Waals surface area contributed by atoms with Crippen molar-refractivity contribution < 1.29 is 4.79 Å². The molecule has 0 radical (unpaired) electrons. The van der Waals surface area contributed by atoms with Crippen LogP contribution in [0.2, 0.25) is 0 Å². The van der Waals surface area contributed by atoms with Crippen LogP contribution in [0, 0.1) is 0 Å². The number of benzene rings is 1. The molecule has 1 saturated carbocycles. The van der Waals surface area contributed by atoms with Crippen LogP contribution in [0.25, 0.3) is 0 Å². The van der Waals surface area contributed by atoms with Crippen molar-refractivity contribution in [1.29, 1.82) is 0 Å². The Balaban J connectivity index is 1.82. The Kier molecular flexibility index (Phi) is 2.74. The van der Waals surface area contributed by atoms with Crippen LogP contribution in [0.5, 0.6) is 0 Å². The zero-order chi connectivity index (χ0) is 11.9. The second-order valence-electron chi connectivity index (χ2n) is 5.09. The number of halogens is 1. The first-order chi connectivity index (χ1) is 8.22. The first kappa shape index (κ1) is 11.3. The SMILES string of the molecule is O=C(N1CCC(Br)C1)C1(c2ccccc2)CC1. The predicted octanol–water partition coefficient (Wildman–Crippen LogP) is 2.71. The summed E-state index contributed by atoms with van der Waals surface area (Å²) in [5.74, 6) is 0.339. The summed E-state index contributed by atoms with van der Waals surface area (Å²) in [4.78, 5) is 15.1. The third kappa shape index (κ3) is 1.90. The predicted molar refractivity (Wildman–Crippen MR) is 71.3 cm³/mol. The van der Waals surface area contributed by atoms with Crippen LogP contribution >= 0.6 is 15.9 Å². The molecule has 1 aliphatic heterocycles. The van der Waals surface area contributed by atoms with Crippen LogP contribution < -0.4 is 0 Å². The molecule has 2 nitrogen and oxygen atoms in total. The molecule has 1 unspecified atom stereocenters. The summed E-state index contributed by atoms with van der Waals surface area (Å²) in [6.07, 6.45) is 3.11. The van der Waals surface area contributed by atoms with E-state index in [-0.39, 0.29) is 5.41 Å². The van der Waals surface area contributed by atoms with E-state index < -0.39 is 0 Å². The molecular formula is C14H16BrNO. The Morgan fingerprint density at radius 1 is 1.29 bits per heavy atom. The molecule has 1 aromatic carbocycles. The smallest absolute Gasteiger partial charge is 0.233 e. The molecule has 0 aromatic heterocycles. The first-order valence-corrected chi connectivity index (χ1v) is 7.13. The summed E-state index contributed by atoms with van der Waals surface area (Å²) in [5, 5.41) is 0. The molecule has 1 saturated heterocycles. The van der Waals surface area contributed by atoms with Crippen LogP contribution in [-0.4, -0.2) is 28.7 Å². The van der Waals surface area contributed by atoms with Crippen molar-refractivity contribution >= 4 is 21.8 Å². The third-order valence-corrected chi connectivity index (χ3v) is 4.65. The van der Waals surface area contributed by atoms with Crippen molar-refractivity contribution in [3.05, 3.63) is 35.9 Å². The van der Waals surface area contributed by atoms with E-state index in [4.69, 9.17) is 0 Å². The molecule has 0 spiro atoms. The fourth-order valence-electron chi connectivity index (χ4n) is 2.71.